The van der Waals surface area contributed by atoms with Crippen molar-refractivity contribution in [1.29, 1.82) is 0 Å². The van der Waals surface area contributed by atoms with Gasteiger partial charge in [-0.1, -0.05) is 24.3 Å². The molecule has 0 bridgehead atoms. The number of hydrogen-bond donors (Lipinski definition) is 2. The molecule has 36 heavy (non-hydrogen) atoms. The van der Waals surface area contributed by atoms with Gasteiger partial charge < -0.3 is 29.4 Å². The zero-order valence-corrected chi connectivity index (χ0v) is 22.1. The van der Waals surface area contributed by atoms with Crippen LogP contribution in [0.5, 0.6) is 0 Å². The molecule has 1 saturated carbocycles. The first kappa shape index (κ1) is 26.4. The van der Waals surface area contributed by atoms with Crippen LogP contribution < -0.4 is 16.1 Å². The quantitative estimate of drug-likeness (QED) is 0.535. The Labute approximate surface area is 213 Å². The van der Waals surface area contributed by atoms with Crippen molar-refractivity contribution in [3.8, 4) is 0 Å². The second-order valence-corrected chi connectivity index (χ2v) is 10.7. The summed E-state index contributed by atoms with van der Waals surface area (Å²) in [6.45, 7) is 9.89. The second kappa shape index (κ2) is 9.65. The molecule has 1 aromatic rings. The number of amides is 2. The van der Waals surface area contributed by atoms with Gasteiger partial charge in [-0.2, -0.15) is 0 Å². The average Bonchev–Trinajstić information content (AvgIpc) is 3.36. The van der Waals surface area contributed by atoms with Crippen molar-refractivity contribution in [2.24, 2.45) is 4.99 Å². The van der Waals surface area contributed by atoms with Crippen molar-refractivity contribution < 1.29 is 28.4 Å². The molecule has 2 heterocycles. The van der Waals surface area contributed by atoms with E-state index in [0.717, 1.165) is 35.2 Å². The number of ether oxygens (including phenoxy) is 2. The Morgan fingerprint density at radius 2 is 1.67 bits per heavy atom. The lowest BCUT2D eigenvalue weighted by Crippen LogP contribution is -2.56. The summed E-state index contributed by atoms with van der Waals surface area (Å²) in [6.07, 6.45) is 2.90. The second-order valence-electron chi connectivity index (χ2n) is 10.7. The van der Waals surface area contributed by atoms with Crippen molar-refractivity contribution in [2.45, 2.75) is 82.8 Å². The monoisotopic (exact) mass is 497 g/mol. The number of methoxy groups -OCH3 is 2. The predicted molar refractivity (Wildman–Crippen MR) is 138 cm³/mol. The van der Waals surface area contributed by atoms with Gasteiger partial charge in [-0.25, -0.2) is 4.79 Å². The van der Waals surface area contributed by atoms with Crippen LogP contribution in [0.2, 0.25) is 0 Å². The van der Waals surface area contributed by atoms with E-state index >= 15 is 0 Å². The van der Waals surface area contributed by atoms with Crippen molar-refractivity contribution in [3.63, 3.8) is 0 Å². The third kappa shape index (κ3) is 5.07. The Morgan fingerprint density at radius 3 is 2.19 bits per heavy atom. The summed E-state index contributed by atoms with van der Waals surface area (Å²) in [5.41, 5.74) is 2.77. The molecule has 1 aromatic carbocycles. The van der Waals surface area contributed by atoms with E-state index < -0.39 is 30.9 Å². The summed E-state index contributed by atoms with van der Waals surface area (Å²) in [4.78, 5) is 29.5. The Balaban J connectivity index is 1.39. The number of hydrogen-bond acceptors (Lipinski definition) is 7. The predicted octanol–water partition coefficient (Wildman–Crippen LogP) is 2.58. The molecule has 0 radical (unpaired) electrons. The SMILES string of the molecule is COC(=O)N[C@H](C(=O)NC1(C2=NC=C(c3ccc(B4OC(C)(C)C(C)(C)O4)cc3)C2)CC1)[C@@H](C)OC. The summed E-state index contributed by atoms with van der Waals surface area (Å²) in [5, 5.41) is 5.66. The molecule has 2 atom stereocenters. The van der Waals surface area contributed by atoms with Crippen LogP contribution in [0.4, 0.5) is 4.79 Å². The number of benzene rings is 1. The van der Waals surface area contributed by atoms with Gasteiger partial charge in [-0.3, -0.25) is 9.79 Å². The summed E-state index contributed by atoms with van der Waals surface area (Å²) >= 11 is 0. The van der Waals surface area contributed by atoms with Gasteiger partial charge in [0, 0.05) is 25.4 Å². The number of aliphatic imine (C=N–C) groups is 1. The fraction of sp³-hybridized carbons (Fsp3) is 0.577. The number of alkyl carbamates (subject to hydrolysis) is 1. The summed E-state index contributed by atoms with van der Waals surface area (Å²) < 4.78 is 22.3. The first-order chi connectivity index (χ1) is 16.9. The maximum atomic E-state index is 13.1. The Hall–Kier alpha value is -2.69. The van der Waals surface area contributed by atoms with E-state index in [1.54, 1.807) is 6.92 Å². The lowest BCUT2D eigenvalue weighted by atomic mass is 9.78. The Bertz CT molecular complexity index is 1060. The van der Waals surface area contributed by atoms with Gasteiger partial charge in [0.2, 0.25) is 5.91 Å². The summed E-state index contributed by atoms with van der Waals surface area (Å²) in [6, 6.07) is 7.29. The highest BCUT2D eigenvalue weighted by Gasteiger charge is 2.52. The van der Waals surface area contributed by atoms with Crippen LogP contribution in [0.3, 0.4) is 0 Å². The third-order valence-electron chi connectivity index (χ3n) is 7.79. The van der Waals surface area contributed by atoms with E-state index in [2.05, 4.69) is 32.5 Å². The zero-order valence-electron chi connectivity index (χ0n) is 22.1. The van der Waals surface area contributed by atoms with E-state index in [0.29, 0.717) is 6.42 Å². The number of rotatable bonds is 8. The number of nitrogens with one attached hydrogen (secondary N) is 2. The zero-order chi connectivity index (χ0) is 26.3. The number of nitrogens with zero attached hydrogens (tertiary/aromatic N) is 1. The molecule has 0 spiro atoms. The molecule has 3 aliphatic rings. The lowest BCUT2D eigenvalue weighted by Gasteiger charge is -2.32. The van der Waals surface area contributed by atoms with Crippen LogP contribution >= 0.6 is 0 Å². The molecular weight excluding hydrogens is 461 g/mol. The minimum Gasteiger partial charge on any atom is -0.453 e. The average molecular weight is 497 g/mol. The van der Waals surface area contributed by atoms with Crippen LogP contribution in [-0.4, -0.2) is 67.9 Å². The number of carbonyl (C=O) groups excluding carboxylic acids is 2. The molecule has 10 heteroatoms. The molecule has 2 amide bonds. The largest absolute Gasteiger partial charge is 0.494 e. The highest BCUT2D eigenvalue weighted by atomic mass is 16.7. The van der Waals surface area contributed by atoms with Crippen LogP contribution in [0.15, 0.2) is 35.5 Å². The Morgan fingerprint density at radius 1 is 1.06 bits per heavy atom. The van der Waals surface area contributed by atoms with E-state index in [4.69, 9.17) is 14.0 Å². The summed E-state index contributed by atoms with van der Waals surface area (Å²) in [5.74, 6) is -0.324. The van der Waals surface area contributed by atoms with Gasteiger partial charge in [0.25, 0.3) is 0 Å². The Kier molecular flexibility index (Phi) is 7.07. The molecule has 2 fully saturated rings. The number of carbonyl (C=O) groups is 2. The van der Waals surface area contributed by atoms with Gasteiger partial charge in [-0.05, 0) is 64.1 Å². The summed E-state index contributed by atoms with van der Waals surface area (Å²) in [7, 11) is 2.35. The van der Waals surface area contributed by atoms with E-state index in [-0.39, 0.29) is 17.1 Å². The van der Waals surface area contributed by atoms with Crippen molar-refractivity contribution in [2.75, 3.05) is 14.2 Å². The minimum absolute atomic E-state index is 0.324. The lowest BCUT2D eigenvalue weighted by molar-refractivity contribution is -0.126. The van der Waals surface area contributed by atoms with E-state index in [9.17, 15) is 9.59 Å². The molecule has 0 aromatic heterocycles. The molecule has 1 aliphatic carbocycles. The maximum absolute atomic E-state index is 13.1. The van der Waals surface area contributed by atoms with E-state index in [1.807, 2.05) is 46.0 Å². The topological polar surface area (TPSA) is 107 Å². The van der Waals surface area contributed by atoms with Crippen LogP contribution in [-0.2, 0) is 23.6 Å². The fourth-order valence-electron chi connectivity index (χ4n) is 4.37. The molecule has 1 saturated heterocycles. The van der Waals surface area contributed by atoms with Gasteiger partial charge in [0.05, 0.1) is 30.0 Å². The van der Waals surface area contributed by atoms with Crippen molar-refractivity contribution >= 4 is 35.9 Å². The molecule has 2 aliphatic heterocycles. The van der Waals surface area contributed by atoms with Crippen LogP contribution in [0.25, 0.3) is 5.57 Å². The maximum Gasteiger partial charge on any atom is 0.494 e. The first-order valence-corrected chi connectivity index (χ1v) is 12.3. The molecule has 4 rings (SSSR count). The standard InChI is InChI=1S/C26H36BN3O6/c1-16(33-6)21(29-23(32)34-7)22(31)30-26(12-13-26)20-14-18(15-28-20)17-8-10-19(11-9-17)27-35-24(2,3)25(4,5)36-27/h8-11,15-16,21H,12-14H2,1-7H3,(H,29,32)(H,30,31)/t16-,21+/m1/s1. The van der Waals surface area contributed by atoms with Gasteiger partial charge >= 0.3 is 13.2 Å². The van der Waals surface area contributed by atoms with Gasteiger partial charge in [-0.15, -0.1) is 0 Å². The molecule has 194 valence electrons. The number of allylic oxidation sites excluding steroid dienone is 1. The van der Waals surface area contributed by atoms with Gasteiger partial charge in [0.1, 0.15) is 6.04 Å². The van der Waals surface area contributed by atoms with Gasteiger partial charge in [0.15, 0.2) is 0 Å². The highest BCUT2D eigenvalue weighted by Crippen LogP contribution is 2.42. The van der Waals surface area contributed by atoms with Crippen molar-refractivity contribution in [3.05, 3.63) is 36.0 Å². The highest BCUT2D eigenvalue weighted by molar-refractivity contribution is 6.62. The molecule has 9 nitrogen and oxygen atoms in total. The van der Waals surface area contributed by atoms with Crippen molar-refractivity contribution in [1.82, 2.24) is 10.6 Å². The van der Waals surface area contributed by atoms with Crippen LogP contribution in [0.1, 0.15) is 59.4 Å². The molecule has 0 unspecified atom stereocenters. The molecular formula is C26H36BN3O6. The van der Waals surface area contributed by atoms with E-state index in [1.165, 1.54) is 14.2 Å². The normalized spacial score (nSPS) is 22.8. The fourth-order valence-corrected chi connectivity index (χ4v) is 4.37. The minimum atomic E-state index is -0.878. The van der Waals surface area contributed by atoms with Crippen LogP contribution in [0, 0.1) is 0 Å². The smallest absolute Gasteiger partial charge is 0.453 e. The molecule has 2 N–H and O–H groups in total. The first-order valence-electron chi connectivity index (χ1n) is 12.3. The third-order valence-corrected chi connectivity index (χ3v) is 7.79.